The van der Waals surface area contributed by atoms with Crippen molar-refractivity contribution >= 4 is 55.7 Å². The van der Waals surface area contributed by atoms with Crippen molar-refractivity contribution in [1.82, 2.24) is 4.90 Å². The summed E-state index contributed by atoms with van der Waals surface area (Å²) in [5.41, 5.74) is 1.66. The largest absolute Gasteiger partial charge is 0.490 e. The maximum absolute atomic E-state index is 13.1. The highest BCUT2D eigenvalue weighted by Gasteiger charge is 2.35. The third-order valence-electron chi connectivity index (χ3n) is 5.06. The molecule has 4 rings (SSSR count). The number of imide groups is 1. The van der Waals surface area contributed by atoms with Crippen molar-refractivity contribution in [3.8, 4) is 11.5 Å². The quantitative estimate of drug-likeness (QED) is 0.240. The molecule has 0 radical (unpaired) electrons. The van der Waals surface area contributed by atoms with Crippen LogP contribution in [-0.2, 0) is 11.3 Å². The highest BCUT2D eigenvalue weighted by atomic mass is 79.9. The van der Waals surface area contributed by atoms with Gasteiger partial charge in [-0.05, 0) is 74.7 Å². The van der Waals surface area contributed by atoms with E-state index in [2.05, 4.69) is 22.5 Å². The van der Waals surface area contributed by atoms with E-state index in [0.717, 1.165) is 33.7 Å². The zero-order valence-electron chi connectivity index (χ0n) is 18.0. The van der Waals surface area contributed by atoms with Crippen LogP contribution >= 0.6 is 27.7 Å². The molecule has 2 amide bonds. The van der Waals surface area contributed by atoms with Gasteiger partial charge in [-0.1, -0.05) is 55.1 Å². The predicted octanol–water partition coefficient (Wildman–Crippen LogP) is 6.80. The van der Waals surface area contributed by atoms with Crippen molar-refractivity contribution in [2.24, 2.45) is 0 Å². The number of carbonyl (C=O) groups excluding carboxylic acids is 2. The molecule has 1 saturated heterocycles. The Kier molecular flexibility index (Phi) is 7.20. The van der Waals surface area contributed by atoms with Crippen LogP contribution in [0.15, 0.2) is 76.6 Å². The molecule has 1 fully saturated rings. The standard InChI is InChI=1S/C26H22BrNO4S/c1-3-12-32-24-21(27)13-17(14-22(24)31-4-2)15-23-25(29)28(26(30)33-23)16-19-10-7-9-18-8-5-6-11-20(18)19/h3,5-11,13-15H,1,4,12,16H2,2H3/b23-15-. The molecule has 168 valence electrons. The number of thioether (sulfide) groups is 1. The van der Waals surface area contributed by atoms with Crippen LogP contribution in [0.1, 0.15) is 18.1 Å². The van der Waals surface area contributed by atoms with Crippen molar-refractivity contribution < 1.29 is 19.1 Å². The zero-order chi connectivity index (χ0) is 23.4. The molecule has 0 aliphatic carbocycles. The average molecular weight is 524 g/mol. The molecule has 1 aliphatic rings. The number of rotatable bonds is 8. The third-order valence-corrected chi connectivity index (χ3v) is 6.55. The van der Waals surface area contributed by atoms with Gasteiger partial charge in [0.1, 0.15) is 6.61 Å². The van der Waals surface area contributed by atoms with E-state index in [0.29, 0.717) is 34.1 Å². The molecule has 3 aromatic rings. The summed E-state index contributed by atoms with van der Waals surface area (Å²) < 4.78 is 12.1. The van der Waals surface area contributed by atoms with Gasteiger partial charge in [0, 0.05) is 0 Å². The lowest BCUT2D eigenvalue weighted by Crippen LogP contribution is -2.27. The first kappa shape index (κ1) is 23.1. The fourth-order valence-corrected chi connectivity index (χ4v) is 5.02. The first-order valence-electron chi connectivity index (χ1n) is 10.4. The Morgan fingerprint density at radius 2 is 1.88 bits per heavy atom. The first-order valence-corrected chi connectivity index (χ1v) is 12.0. The van der Waals surface area contributed by atoms with Gasteiger partial charge >= 0.3 is 0 Å². The summed E-state index contributed by atoms with van der Waals surface area (Å²) in [6.45, 7) is 6.58. The molecule has 33 heavy (non-hydrogen) atoms. The summed E-state index contributed by atoms with van der Waals surface area (Å²) in [6, 6.07) is 17.5. The number of ether oxygens (including phenoxy) is 2. The van der Waals surface area contributed by atoms with Gasteiger partial charge in [0.15, 0.2) is 11.5 Å². The van der Waals surface area contributed by atoms with E-state index >= 15 is 0 Å². The van der Waals surface area contributed by atoms with Gasteiger partial charge in [-0.25, -0.2) is 0 Å². The lowest BCUT2D eigenvalue weighted by atomic mass is 10.0. The van der Waals surface area contributed by atoms with Crippen LogP contribution in [0.5, 0.6) is 11.5 Å². The Morgan fingerprint density at radius 3 is 2.67 bits per heavy atom. The van der Waals surface area contributed by atoms with Crippen LogP contribution < -0.4 is 9.47 Å². The monoisotopic (exact) mass is 523 g/mol. The Hall–Kier alpha value is -3.03. The molecule has 0 N–H and O–H groups in total. The minimum Gasteiger partial charge on any atom is -0.490 e. The Bertz CT molecular complexity index is 1270. The lowest BCUT2D eigenvalue weighted by molar-refractivity contribution is -0.123. The van der Waals surface area contributed by atoms with Crippen LogP contribution in [0, 0.1) is 0 Å². The number of benzene rings is 3. The van der Waals surface area contributed by atoms with Crippen molar-refractivity contribution in [3.05, 3.63) is 87.8 Å². The summed E-state index contributed by atoms with van der Waals surface area (Å²) in [6.07, 6.45) is 3.36. The minimum atomic E-state index is -0.306. The fourth-order valence-electron chi connectivity index (χ4n) is 3.60. The number of hydrogen-bond donors (Lipinski definition) is 0. The van der Waals surface area contributed by atoms with Gasteiger partial charge in [-0.2, -0.15) is 0 Å². The smallest absolute Gasteiger partial charge is 0.293 e. The van der Waals surface area contributed by atoms with Gasteiger partial charge in [0.05, 0.1) is 22.5 Å². The minimum absolute atomic E-state index is 0.228. The molecule has 0 unspecified atom stereocenters. The molecular weight excluding hydrogens is 502 g/mol. The number of amides is 2. The van der Waals surface area contributed by atoms with Crippen LogP contribution in [0.4, 0.5) is 4.79 Å². The molecule has 1 aliphatic heterocycles. The van der Waals surface area contributed by atoms with Crippen LogP contribution in [0.3, 0.4) is 0 Å². The molecule has 0 atom stereocenters. The Balaban J connectivity index is 1.62. The molecular formula is C26H22BrNO4S. The van der Waals surface area contributed by atoms with Gasteiger partial charge in [-0.15, -0.1) is 0 Å². The summed E-state index contributed by atoms with van der Waals surface area (Å²) in [5, 5.41) is 1.82. The van der Waals surface area contributed by atoms with E-state index in [1.54, 1.807) is 18.2 Å². The van der Waals surface area contributed by atoms with Crippen molar-refractivity contribution in [2.45, 2.75) is 13.5 Å². The highest BCUT2D eigenvalue weighted by molar-refractivity contribution is 9.10. The molecule has 0 saturated carbocycles. The van der Waals surface area contributed by atoms with E-state index in [-0.39, 0.29) is 17.7 Å². The van der Waals surface area contributed by atoms with Gasteiger partial charge < -0.3 is 9.47 Å². The van der Waals surface area contributed by atoms with E-state index in [9.17, 15) is 9.59 Å². The number of nitrogens with zero attached hydrogens (tertiary/aromatic N) is 1. The van der Waals surface area contributed by atoms with Crippen molar-refractivity contribution in [1.29, 1.82) is 0 Å². The number of fused-ring (bicyclic) bond motifs is 1. The molecule has 7 heteroatoms. The normalized spacial score (nSPS) is 14.8. The number of hydrogen-bond acceptors (Lipinski definition) is 5. The third kappa shape index (κ3) is 4.99. The lowest BCUT2D eigenvalue weighted by Gasteiger charge is -2.15. The first-order chi connectivity index (χ1) is 16.0. The van der Waals surface area contributed by atoms with E-state index in [4.69, 9.17) is 9.47 Å². The van der Waals surface area contributed by atoms with Crippen LogP contribution in [0.25, 0.3) is 16.8 Å². The SMILES string of the molecule is C=CCOc1c(Br)cc(/C=C2\SC(=O)N(Cc3cccc4ccccc34)C2=O)cc1OCC. The Morgan fingerprint density at radius 1 is 1.09 bits per heavy atom. The van der Waals surface area contributed by atoms with Gasteiger partial charge in [0.2, 0.25) is 0 Å². The van der Waals surface area contributed by atoms with E-state index < -0.39 is 0 Å². The number of carbonyl (C=O) groups is 2. The van der Waals surface area contributed by atoms with Crippen molar-refractivity contribution in [2.75, 3.05) is 13.2 Å². The molecule has 5 nitrogen and oxygen atoms in total. The highest BCUT2D eigenvalue weighted by Crippen LogP contribution is 2.39. The molecule has 3 aromatic carbocycles. The summed E-state index contributed by atoms with van der Waals surface area (Å²) >= 11 is 4.46. The topological polar surface area (TPSA) is 55.8 Å². The molecule has 0 bridgehead atoms. The zero-order valence-corrected chi connectivity index (χ0v) is 20.4. The summed E-state index contributed by atoms with van der Waals surface area (Å²) in [4.78, 5) is 27.5. The van der Waals surface area contributed by atoms with Gasteiger partial charge in [0.25, 0.3) is 11.1 Å². The number of halogens is 1. The van der Waals surface area contributed by atoms with E-state index in [1.165, 1.54) is 4.90 Å². The van der Waals surface area contributed by atoms with Crippen LogP contribution in [-0.4, -0.2) is 29.3 Å². The maximum Gasteiger partial charge on any atom is 0.293 e. The fraction of sp³-hybridized carbons (Fsp3) is 0.154. The molecule has 0 spiro atoms. The second kappa shape index (κ2) is 10.3. The molecule has 0 aromatic heterocycles. The van der Waals surface area contributed by atoms with Crippen molar-refractivity contribution in [3.63, 3.8) is 0 Å². The second-order valence-electron chi connectivity index (χ2n) is 7.27. The predicted molar refractivity (Wildman–Crippen MR) is 136 cm³/mol. The molecule has 1 heterocycles. The van der Waals surface area contributed by atoms with Gasteiger partial charge in [-0.3, -0.25) is 14.5 Å². The second-order valence-corrected chi connectivity index (χ2v) is 9.12. The summed E-state index contributed by atoms with van der Waals surface area (Å²) in [7, 11) is 0. The maximum atomic E-state index is 13.1. The summed E-state index contributed by atoms with van der Waals surface area (Å²) in [5.74, 6) is 0.812. The van der Waals surface area contributed by atoms with E-state index in [1.807, 2.05) is 55.5 Å². The Labute approximate surface area is 205 Å². The average Bonchev–Trinajstić information content (AvgIpc) is 3.06. The van der Waals surface area contributed by atoms with Crippen LogP contribution in [0.2, 0.25) is 0 Å².